The van der Waals surface area contributed by atoms with Gasteiger partial charge < -0.3 is 4.74 Å². The van der Waals surface area contributed by atoms with Crippen LogP contribution in [0.5, 0.6) is 0 Å². The van der Waals surface area contributed by atoms with Gasteiger partial charge in [0, 0.05) is 16.2 Å². The first-order valence-electron chi connectivity index (χ1n) is 5.54. The van der Waals surface area contributed by atoms with Gasteiger partial charge in [0.25, 0.3) is 0 Å². The molecule has 1 aromatic carbocycles. The van der Waals surface area contributed by atoms with Gasteiger partial charge in [-0.2, -0.15) is 0 Å². The van der Waals surface area contributed by atoms with Crippen LogP contribution in [0.2, 0.25) is 0 Å². The number of Topliss-reactive ketones (excluding diaryl/α,β-unsaturated/α-hetero) is 1. The second-order valence-electron chi connectivity index (χ2n) is 3.72. The molecule has 0 N–H and O–H groups in total. The molecule has 0 atom stereocenters. The Morgan fingerprint density at radius 1 is 1.16 bits per heavy atom. The zero-order valence-electron chi connectivity index (χ0n) is 9.88. The SMILES string of the molecule is O=C(COC(=O)c1cc(Br)ccn1)c1ccccc1. The van der Waals surface area contributed by atoms with E-state index in [1.54, 1.807) is 30.3 Å². The first-order valence-corrected chi connectivity index (χ1v) is 6.33. The molecular formula is C14H10BrNO3. The monoisotopic (exact) mass is 319 g/mol. The van der Waals surface area contributed by atoms with Gasteiger partial charge in [-0.3, -0.25) is 4.79 Å². The Morgan fingerprint density at radius 3 is 2.58 bits per heavy atom. The van der Waals surface area contributed by atoms with E-state index in [0.29, 0.717) is 5.56 Å². The Morgan fingerprint density at radius 2 is 1.89 bits per heavy atom. The number of carbonyl (C=O) groups excluding carboxylic acids is 2. The number of ether oxygens (including phenoxy) is 1. The fraction of sp³-hybridized carbons (Fsp3) is 0.0714. The number of esters is 1. The van der Waals surface area contributed by atoms with Crippen molar-refractivity contribution in [3.05, 3.63) is 64.4 Å². The first kappa shape index (κ1) is 13.4. The van der Waals surface area contributed by atoms with Crippen molar-refractivity contribution in [2.24, 2.45) is 0 Å². The van der Waals surface area contributed by atoms with Crippen LogP contribution < -0.4 is 0 Å². The Bertz CT molecular complexity index is 599. The summed E-state index contributed by atoms with van der Waals surface area (Å²) in [6, 6.07) is 11.9. The zero-order chi connectivity index (χ0) is 13.7. The van der Waals surface area contributed by atoms with Crippen molar-refractivity contribution in [3.8, 4) is 0 Å². The second kappa shape index (κ2) is 6.24. The van der Waals surface area contributed by atoms with E-state index in [0.717, 1.165) is 4.47 Å². The molecule has 0 bridgehead atoms. The molecule has 0 saturated carbocycles. The highest BCUT2D eigenvalue weighted by Gasteiger charge is 2.12. The molecule has 1 heterocycles. The molecule has 0 fully saturated rings. The van der Waals surface area contributed by atoms with Crippen molar-refractivity contribution in [1.82, 2.24) is 4.98 Å². The molecule has 1 aromatic heterocycles. The van der Waals surface area contributed by atoms with Crippen molar-refractivity contribution < 1.29 is 14.3 Å². The van der Waals surface area contributed by atoms with E-state index in [2.05, 4.69) is 20.9 Å². The average molecular weight is 320 g/mol. The summed E-state index contributed by atoms with van der Waals surface area (Å²) in [4.78, 5) is 27.3. The predicted octanol–water partition coefficient (Wildman–Crippen LogP) is 2.88. The molecule has 0 spiro atoms. The fourth-order valence-corrected chi connectivity index (χ4v) is 1.76. The van der Waals surface area contributed by atoms with Crippen molar-refractivity contribution in [1.29, 1.82) is 0 Å². The molecule has 0 saturated heterocycles. The normalized spacial score (nSPS) is 9.95. The third kappa shape index (κ3) is 3.72. The van der Waals surface area contributed by atoms with Crippen molar-refractivity contribution >= 4 is 27.7 Å². The second-order valence-corrected chi connectivity index (χ2v) is 4.64. The molecule has 2 aromatic rings. The molecule has 0 aliphatic heterocycles. The number of pyridine rings is 1. The predicted molar refractivity (Wildman–Crippen MR) is 73.0 cm³/mol. The number of hydrogen-bond acceptors (Lipinski definition) is 4. The highest BCUT2D eigenvalue weighted by Crippen LogP contribution is 2.10. The van der Waals surface area contributed by atoms with Crippen molar-refractivity contribution in [2.75, 3.05) is 6.61 Å². The van der Waals surface area contributed by atoms with Crippen LogP contribution in [0.25, 0.3) is 0 Å². The number of aromatic nitrogens is 1. The van der Waals surface area contributed by atoms with Gasteiger partial charge in [0.2, 0.25) is 0 Å². The van der Waals surface area contributed by atoms with E-state index in [4.69, 9.17) is 4.74 Å². The van der Waals surface area contributed by atoms with Crippen LogP contribution >= 0.6 is 15.9 Å². The van der Waals surface area contributed by atoms with Gasteiger partial charge in [0.05, 0.1) is 0 Å². The lowest BCUT2D eigenvalue weighted by atomic mass is 10.1. The smallest absolute Gasteiger partial charge is 0.357 e. The van der Waals surface area contributed by atoms with Gasteiger partial charge >= 0.3 is 5.97 Å². The fourth-order valence-electron chi connectivity index (χ4n) is 1.43. The first-order chi connectivity index (χ1) is 9.16. The Balaban J connectivity index is 1.96. The van der Waals surface area contributed by atoms with E-state index in [9.17, 15) is 9.59 Å². The van der Waals surface area contributed by atoms with Gasteiger partial charge in [-0.1, -0.05) is 46.3 Å². The van der Waals surface area contributed by atoms with Crippen molar-refractivity contribution in [2.45, 2.75) is 0 Å². The molecular weight excluding hydrogens is 310 g/mol. The van der Waals surface area contributed by atoms with E-state index in [1.807, 2.05) is 6.07 Å². The summed E-state index contributed by atoms with van der Waals surface area (Å²) in [6.45, 7) is -0.295. The lowest BCUT2D eigenvalue weighted by Crippen LogP contribution is -2.15. The number of benzene rings is 1. The molecule has 0 radical (unpaired) electrons. The largest absolute Gasteiger partial charge is 0.453 e. The summed E-state index contributed by atoms with van der Waals surface area (Å²) < 4.78 is 5.65. The van der Waals surface area contributed by atoms with Gasteiger partial charge in [0.1, 0.15) is 5.69 Å². The van der Waals surface area contributed by atoms with Gasteiger partial charge in [-0.15, -0.1) is 0 Å². The van der Waals surface area contributed by atoms with Crippen LogP contribution in [-0.2, 0) is 4.74 Å². The highest BCUT2D eigenvalue weighted by atomic mass is 79.9. The summed E-state index contributed by atoms with van der Waals surface area (Å²) in [7, 11) is 0. The molecule has 0 amide bonds. The standard InChI is InChI=1S/C14H10BrNO3/c15-11-6-7-16-12(8-11)14(18)19-9-13(17)10-4-2-1-3-5-10/h1-8H,9H2. The van der Waals surface area contributed by atoms with Crippen LogP contribution in [-0.4, -0.2) is 23.3 Å². The molecule has 0 aliphatic rings. The Hall–Kier alpha value is -2.01. The van der Waals surface area contributed by atoms with Crippen LogP contribution in [0.1, 0.15) is 20.8 Å². The summed E-state index contributed by atoms with van der Waals surface area (Å²) in [5.74, 6) is -0.866. The van der Waals surface area contributed by atoms with Gasteiger partial charge in [-0.25, -0.2) is 9.78 Å². The van der Waals surface area contributed by atoms with E-state index < -0.39 is 5.97 Å². The molecule has 19 heavy (non-hydrogen) atoms. The lowest BCUT2D eigenvalue weighted by molar-refractivity contribution is 0.0469. The maximum atomic E-state index is 11.7. The lowest BCUT2D eigenvalue weighted by Gasteiger charge is -2.04. The number of hydrogen-bond donors (Lipinski definition) is 0. The topological polar surface area (TPSA) is 56.3 Å². The Kier molecular flexibility index (Phi) is 4.41. The summed E-state index contributed by atoms with van der Waals surface area (Å²) in [6.07, 6.45) is 1.49. The Labute approximate surface area is 118 Å². The maximum absolute atomic E-state index is 11.7. The van der Waals surface area contributed by atoms with Crippen LogP contribution in [0.3, 0.4) is 0 Å². The van der Waals surface area contributed by atoms with Crippen LogP contribution in [0, 0.1) is 0 Å². The zero-order valence-corrected chi connectivity index (χ0v) is 11.5. The number of nitrogens with zero attached hydrogens (tertiary/aromatic N) is 1. The minimum absolute atomic E-state index is 0.162. The molecule has 4 nitrogen and oxygen atoms in total. The molecule has 96 valence electrons. The van der Waals surface area contributed by atoms with Crippen molar-refractivity contribution in [3.63, 3.8) is 0 Å². The number of ketones is 1. The number of carbonyl (C=O) groups is 2. The van der Waals surface area contributed by atoms with E-state index in [1.165, 1.54) is 12.3 Å². The molecule has 5 heteroatoms. The van der Waals surface area contributed by atoms with Crippen LogP contribution in [0.4, 0.5) is 0 Å². The molecule has 0 aliphatic carbocycles. The van der Waals surface area contributed by atoms with E-state index >= 15 is 0 Å². The quantitative estimate of drug-likeness (QED) is 0.642. The maximum Gasteiger partial charge on any atom is 0.357 e. The number of rotatable bonds is 4. The average Bonchev–Trinajstić information content (AvgIpc) is 2.45. The third-order valence-corrected chi connectivity index (χ3v) is 2.85. The summed E-state index contributed by atoms with van der Waals surface area (Å²) >= 11 is 3.23. The van der Waals surface area contributed by atoms with Crippen LogP contribution in [0.15, 0.2) is 53.1 Å². The minimum Gasteiger partial charge on any atom is -0.453 e. The molecule has 0 unspecified atom stereocenters. The third-order valence-electron chi connectivity index (χ3n) is 2.36. The number of halogens is 1. The summed E-state index contributed by atoms with van der Waals surface area (Å²) in [5.41, 5.74) is 0.674. The van der Waals surface area contributed by atoms with E-state index in [-0.39, 0.29) is 18.1 Å². The van der Waals surface area contributed by atoms with Gasteiger partial charge in [0.15, 0.2) is 12.4 Å². The summed E-state index contributed by atoms with van der Waals surface area (Å²) in [5, 5.41) is 0. The minimum atomic E-state index is -0.620. The highest BCUT2D eigenvalue weighted by molar-refractivity contribution is 9.10. The van der Waals surface area contributed by atoms with Gasteiger partial charge in [-0.05, 0) is 12.1 Å². The molecule has 2 rings (SSSR count).